The van der Waals surface area contributed by atoms with Crippen LogP contribution in [0.3, 0.4) is 0 Å². The summed E-state index contributed by atoms with van der Waals surface area (Å²) in [5, 5.41) is 0.0707. The highest BCUT2D eigenvalue weighted by molar-refractivity contribution is 7.89. The zero-order chi connectivity index (χ0) is 19.7. The van der Waals surface area contributed by atoms with Gasteiger partial charge in [0.05, 0.1) is 23.9 Å². The molecule has 1 aliphatic rings. The van der Waals surface area contributed by atoms with Gasteiger partial charge in [0.2, 0.25) is 0 Å². The van der Waals surface area contributed by atoms with E-state index in [1.807, 2.05) is 0 Å². The molecule has 3 aromatic rings. The number of nitrogens with zero attached hydrogens (tertiary/aromatic N) is 5. The van der Waals surface area contributed by atoms with E-state index < -0.39 is 10.0 Å². The maximum atomic E-state index is 13.5. The van der Waals surface area contributed by atoms with Gasteiger partial charge in [0.15, 0.2) is 5.03 Å². The van der Waals surface area contributed by atoms with Crippen LogP contribution in [-0.2, 0) is 17.1 Å². The van der Waals surface area contributed by atoms with Gasteiger partial charge in [-0.25, -0.2) is 22.8 Å². The third kappa shape index (κ3) is 3.67. The number of rotatable bonds is 4. The molecule has 0 spiro atoms. The summed E-state index contributed by atoms with van der Waals surface area (Å²) in [6, 6.07) is 6.24. The maximum absolute atomic E-state index is 13.5. The van der Waals surface area contributed by atoms with Crippen LogP contribution < -0.4 is 0 Å². The zero-order valence-corrected chi connectivity index (χ0v) is 16.2. The standard InChI is InChI=1S/C19H20FN5O2S/c1-24-12-19(22-13-24)28(26,27)25-7-5-14(6-8-25)17-10-21-11-18(23-17)15-3-2-4-16(20)9-15/h2-4,9-14H,5-8H2,1H3. The Morgan fingerprint density at radius 3 is 2.64 bits per heavy atom. The molecule has 7 nitrogen and oxygen atoms in total. The first-order valence-electron chi connectivity index (χ1n) is 8.99. The van der Waals surface area contributed by atoms with Crippen LogP contribution in [0.4, 0.5) is 4.39 Å². The number of sulfonamides is 1. The first-order valence-corrected chi connectivity index (χ1v) is 10.4. The van der Waals surface area contributed by atoms with Crippen LogP contribution in [-0.4, -0.2) is 45.3 Å². The summed E-state index contributed by atoms with van der Waals surface area (Å²) in [5.41, 5.74) is 2.08. The van der Waals surface area contributed by atoms with Crippen LogP contribution in [0.25, 0.3) is 11.3 Å². The third-order valence-electron chi connectivity index (χ3n) is 4.93. The summed E-state index contributed by atoms with van der Waals surface area (Å²) >= 11 is 0. The Morgan fingerprint density at radius 2 is 1.96 bits per heavy atom. The summed E-state index contributed by atoms with van der Waals surface area (Å²) in [6.07, 6.45) is 7.60. The van der Waals surface area contributed by atoms with Crippen molar-refractivity contribution in [1.29, 1.82) is 0 Å². The SMILES string of the molecule is Cn1cnc(S(=O)(=O)N2CCC(c3cncc(-c4cccc(F)c4)n3)CC2)c1. The fraction of sp³-hybridized carbons (Fsp3) is 0.316. The van der Waals surface area contributed by atoms with Gasteiger partial charge in [-0.3, -0.25) is 4.98 Å². The van der Waals surface area contributed by atoms with Crippen molar-refractivity contribution in [2.75, 3.05) is 13.1 Å². The van der Waals surface area contributed by atoms with Crippen molar-refractivity contribution >= 4 is 10.0 Å². The van der Waals surface area contributed by atoms with Crippen LogP contribution in [0.2, 0.25) is 0 Å². The molecule has 0 amide bonds. The van der Waals surface area contributed by atoms with Gasteiger partial charge in [-0.1, -0.05) is 12.1 Å². The number of aromatic nitrogens is 4. The number of hydrogen-bond acceptors (Lipinski definition) is 5. The molecule has 1 aliphatic heterocycles. The average Bonchev–Trinajstić information content (AvgIpc) is 3.15. The molecule has 28 heavy (non-hydrogen) atoms. The molecular formula is C19H20FN5O2S. The molecule has 0 saturated carbocycles. The van der Waals surface area contributed by atoms with Crippen LogP contribution in [0.1, 0.15) is 24.5 Å². The first-order chi connectivity index (χ1) is 13.4. The molecule has 0 bridgehead atoms. The minimum absolute atomic E-state index is 0.0707. The van der Waals surface area contributed by atoms with E-state index in [4.69, 9.17) is 0 Å². The average molecular weight is 401 g/mol. The summed E-state index contributed by atoms with van der Waals surface area (Å²) in [5.74, 6) is -0.214. The predicted molar refractivity (Wildman–Crippen MR) is 101 cm³/mol. The smallest absolute Gasteiger partial charge is 0.262 e. The Balaban J connectivity index is 1.49. The first kappa shape index (κ1) is 18.7. The maximum Gasteiger partial charge on any atom is 0.262 e. The number of halogens is 1. The number of piperidine rings is 1. The topological polar surface area (TPSA) is 81.0 Å². The largest absolute Gasteiger partial charge is 0.339 e. The van der Waals surface area contributed by atoms with E-state index >= 15 is 0 Å². The molecule has 1 fully saturated rings. The lowest BCUT2D eigenvalue weighted by molar-refractivity contribution is 0.315. The molecule has 0 aliphatic carbocycles. The van der Waals surface area contributed by atoms with Crippen molar-refractivity contribution in [3.8, 4) is 11.3 Å². The molecule has 0 N–H and O–H groups in total. The molecule has 2 aromatic heterocycles. The predicted octanol–water partition coefficient (Wildman–Crippen LogP) is 2.58. The minimum atomic E-state index is -3.58. The highest BCUT2D eigenvalue weighted by atomic mass is 32.2. The van der Waals surface area contributed by atoms with Gasteiger partial charge < -0.3 is 4.57 Å². The second kappa shape index (κ2) is 7.40. The molecule has 0 radical (unpaired) electrons. The lowest BCUT2D eigenvalue weighted by Gasteiger charge is -2.30. The van der Waals surface area contributed by atoms with Crippen molar-refractivity contribution in [2.45, 2.75) is 23.8 Å². The summed E-state index contributed by atoms with van der Waals surface area (Å²) < 4.78 is 42.0. The van der Waals surface area contributed by atoms with Gasteiger partial charge in [0.1, 0.15) is 5.82 Å². The van der Waals surface area contributed by atoms with E-state index in [1.165, 1.54) is 29.0 Å². The Kier molecular flexibility index (Phi) is 4.94. The van der Waals surface area contributed by atoms with E-state index in [0.29, 0.717) is 37.2 Å². The van der Waals surface area contributed by atoms with E-state index in [9.17, 15) is 12.8 Å². The molecule has 4 rings (SSSR count). The minimum Gasteiger partial charge on any atom is -0.339 e. The summed E-state index contributed by atoms with van der Waals surface area (Å²) in [7, 11) is -1.84. The van der Waals surface area contributed by atoms with Crippen molar-refractivity contribution in [1.82, 2.24) is 23.8 Å². The third-order valence-corrected chi connectivity index (χ3v) is 6.72. The number of aryl methyl sites for hydroxylation is 1. The monoisotopic (exact) mass is 401 g/mol. The van der Waals surface area contributed by atoms with Crippen molar-refractivity contribution in [3.05, 3.63) is 60.7 Å². The molecule has 3 heterocycles. The van der Waals surface area contributed by atoms with E-state index in [-0.39, 0.29) is 16.8 Å². The van der Waals surface area contributed by atoms with Gasteiger partial charge in [0, 0.05) is 44.0 Å². The highest BCUT2D eigenvalue weighted by Crippen LogP contribution is 2.30. The molecule has 1 saturated heterocycles. The second-order valence-electron chi connectivity index (χ2n) is 6.90. The molecule has 0 unspecified atom stereocenters. The Morgan fingerprint density at radius 1 is 1.18 bits per heavy atom. The van der Waals surface area contributed by atoms with Crippen molar-refractivity contribution in [3.63, 3.8) is 0 Å². The van der Waals surface area contributed by atoms with Crippen molar-refractivity contribution in [2.24, 2.45) is 7.05 Å². The van der Waals surface area contributed by atoms with Gasteiger partial charge in [-0.05, 0) is 25.0 Å². The Hall–Kier alpha value is -2.65. The fourth-order valence-corrected chi connectivity index (χ4v) is 4.85. The number of benzene rings is 1. The molecule has 9 heteroatoms. The number of hydrogen-bond donors (Lipinski definition) is 0. The molecule has 0 atom stereocenters. The summed E-state index contributed by atoms with van der Waals surface area (Å²) in [6.45, 7) is 0.797. The lowest BCUT2D eigenvalue weighted by atomic mass is 9.95. The van der Waals surface area contributed by atoms with Gasteiger partial charge in [-0.2, -0.15) is 4.31 Å². The number of imidazole rings is 1. The normalized spacial score (nSPS) is 16.4. The molecule has 146 valence electrons. The summed E-state index contributed by atoms with van der Waals surface area (Å²) in [4.78, 5) is 12.9. The molecular weight excluding hydrogens is 381 g/mol. The highest BCUT2D eigenvalue weighted by Gasteiger charge is 2.32. The van der Waals surface area contributed by atoms with Crippen LogP contribution in [0.15, 0.2) is 54.2 Å². The van der Waals surface area contributed by atoms with Gasteiger partial charge in [0.25, 0.3) is 10.0 Å². The van der Waals surface area contributed by atoms with Crippen molar-refractivity contribution < 1.29 is 12.8 Å². The Bertz CT molecular complexity index is 1090. The van der Waals surface area contributed by atoms with E-state index in [2.05, 4.69) is 15.0 Å². The lowest BCUT2D eigenvalue weighted by Crippen LogP contribution is -2.38. The quantitative estimate of drug-likeness (QED) is 0.671. The van der Waals surface area contributed by atoms with E-state index in [0.717, 1.165) is 5.69 Å². The molecule has 1 aromatic carbocycles. The van der Waals surface area contributed by atoms with E-state index in [1.54, 1.807) is 36.1 Å². The van der Waals surface area contributed by atoms with Crippen LogP contribution in [0.5, 0.6) is 0 Å². The van der Waals surface area contributed by atoms with Gasteiger partial charge >= 0.3 is 0 Å². The Labute approximate surface area is 162 Å². The van der Waals surface area contributed by atoms with Crippen LogP contribution in [0, 0.1) is 5.82 Å². The van der Waals surface area contributed by atoms with Crippen LogP contribution >= 0.6 is 0 Å². The fourth-order valence-electron chi connectivity index (χ4n) is 3.41. The second-order valence-corrected chi connectivity index (χ2v) is 8.78. The zero-order valence-electron chi connectivity index (χ0n) is 15.4. The van der Waals surface area contributed by atoms with Gasteiger partial charge in [-0.15, -0.1) is 0 Å².